The molecule has 0 spiro atoms. The molecule has 0 atom stereocenters. The maximum atomic E-state index is 13.0. The highest BCUT2D eigenvalue weighted by atomic mass is 32.2. The number of hydrogen-bond acceptors (Lipinski definition) is 9. The first kappa shape index (κ1) is 27.6. The Kier molecular flexibility index (Phi) is 7.83. The Morgan fingerprint density at radius 2 is 1.71 bits per heavy atom. The van der Waals surface area contributed by atoms with E-state index >= 15 is 0 Å². The molecule has 0 aliphatic heterocycles. The number of nitrogens with one attached hydrogen (secondary N) is 2. The van der Waals surface area contributed by atoms with Crippen molar-refractivity contribution in [2.45, 2.75) is 12.4 Å². The van der Waals surface area contributed by atoms with E-state index in [9.17, 15) is 13.2 Å². The highest BCUT2D eigenvalue weighted by Gasteiger charge is 2.17. The number of aromatic nitrogens is 4. The zero-order valence-corrected chi connectivity index (χ0v) is 23.6. The molecule has 41 heavy (non-hydrogen) atoms. The number of ether oxygens (including phenoxy) is 1. The normalized spacial score (nSPS) is 11.3. The van der Waals surface area contributed by atoms with Crippen LogP contribution < -0.4 is 20.3 Å². The summed E-state index contributed by atoms with van der Waals surface area (Å²) >= 11 is 0. The van der Waals surface area contributed by atoms with Crippen LogP contribution in [0.2, 0.25) is 0 Å². The van der Waals surface area contributed by atoms with Gasteiger partial charge in [-0.15, -0.1) is 0 Å². The highest BCUT2D eigenvalue weighted by Crippen LogP contribution is 2.23. The van der Waals surface area contributed by atoms with Crippen LogP contribution in [0.15, 0.2) is 85.1 Å². The largest absolute Gasteiger partial charge is 0.497 e. The summed E-state index contributed by atoms with van der Waals surface area (Å²) < 4.78 is 30.2. The topological polar surface area (TPSA) is 131 Å². The van der Waals surface area contributed by atoms with Gasteiger partial charge in [0.1, 0.15) is 11.6 Å². The first-order valence-corrected chi connectivity index (χ1v) is 14.7. The lowest BCUT2D eigenvalue weighted by Gasteiger charge is -2.21. The van der Waals surface area contributed by atoms with Gasteiger partial charge in [0.15, 0.2) is 9.84 Å². The fourth-order valence-corrected chi connectivity index (χ4v) is 5.05. The third kappa shape index (κ3) is 6.79. The van der Waals surface area contributed by atoms with Crippen LogP contribution in [0.3, 0.4) is 0 Å². The number of benzene rings is 3. The van der Waals surface area contributed by atoms with Gasteiger partial charge in [-0.25, -0.2) is 18.4 Å². The number of rotatable bonds is 10. The van der Waals surface area contributed by atoms with E-state index in [0.29, 0.717) is 41.3 Å². The number of sulfone groups is 1. The number of carbonyl (C=O) groups excluding carboxylic acids is 1. The van der Waals surface area contributed by atoms with Gasteiger partial charge in [-0.3, -0.25) is 14.7 Å². The molecule has 1 amide bonds. The lowest BCUT2D eigenvalue weighted by molar-refractivity contribution is 0.102. The van der Waals surface area contributed by atoms with Crippen LogP contribution in [0.4, 0.5) is 23.4 Å². The minimum absolute atomic E-state index is 0.0183. The Balaban J connectivity index is 1.34. The fourth-order valence-electron chi connectivity index (χ4n) is 4.25. The number of fused-ring (bicyclic) bond motifs is 1. The summed E-state index contributed by atoms with van der Waals surface area (Å²) in [6.07, 6.45) is 2.86. The molecule has 210 valence electrons. The first-order valence-electron chi connectivity index (χ1n) is 12.7. The average molecular weight is 572 g/mol. The van der Waals surface area contributed by atoms with Gasteiger partial charge in [0.05, 0.1) is 30.6 Å². The van der Waals surface area contributed by atoms with Crippen LogP contribution in [0, 0.1) is 0 Å². The molecule has 0 unspecified atom stereocenters. The number of hydrogen-bond donors (Lipinski definition) is 2. The molecule has 0 bridgehead atoms. The molecule has 11 nitrogen and oxygen atoms in total. The maximum absolute atomic E-state index is 13.0. The summed E-state index contributed by atoms with van der Waals surface area (Å²) in [5.74, 6) is 1.78. The van der Waals surface area contributed by atoms with Crippen molar-refractivity contribution in [2.24, 2.45) is 0 Å². The van der Waals surface area contributed by atoms with Gasteiger partial charge in [0, 0.05) is 30.8 Å². The smallest absolute Gasteiger partial charge is 0.257 e. The molecular weight excluding hydrogens is 542 g/mol. The summed E-state index contributed by atoms with van der Waals surface area (Å²) in [6.45, 7) is 0.343. The summed E-state index contributed by atoms with van der Waals surface area (Å²) in [6, 6.07) is 23.4. The van der Waals surface area contributed by atoms with E-state index in [1.807, 2.05) is 40.8 Å². The lowest BCUT2D eigenvalue weighted by atomic mass is 10.2. The first-order chi connectivity index (χ1) is 19.7. The van der Waals surface area contributed by atoms with Crippen LogP contribution in [0.5, 0.6) is 5.75 Å². The molecule has 0 saturated heterocycles. The van der Waals surface area contributed by atoms with E-state index in [0.717, 1.165) is 16.7 Å². The second-order valence-electron chi connectivity index (χ2n) is 9.50. The number of imidazole rings is 1. The molecule has 2 aromatic heterocycles. The summed E-state index contributed by atoms with van der Waals surface area (Å²) in [5, 5.41) is 6.09. The number of carbonyl (C=O) groups is 1. The Morgan fingerprint density at radius 1 is 0.976 bits per heavy atom. The van der Waals surface area contributed by atoms with E-state index < -0.39 is 9.84 Å². The predicted octanol–water partition coefficient (Wildman–Crippen LogP) is 4.47. The quantitative estimate of drug-likeness (QED) is 0.249. The monoisotopic (exact) mass is 571 g/mol. The van der Waals surface area contributed by atoms with Gasteiger partial charge >= 0.3 is 0 Å². The van der Waals surface area contributed by atoms with E-state index in [-0.39, 0.29) is 11.7 Å². The Morgan fingerprint density at radius 3 is 2.41 bits per heavy atom. The van der Waals surface area contributed by atoms with Crippen LogP contribution in [0.1, 0.15) is 15.9 Å². The molecule has 5 aromatic rings. The molecule has 3 aromatic carbocycles. The van der Waals surface area contributed by atoms with Crippen molar-refractivity contribution in [3.63, 3.8) is 0 Å². The number of para-hydroxylation sites is 2. The second kappa shape index (κ2) is 11.6. The van der Waals surface area contributed by atoms with E-state index in [2.05, 4.69) is 25.6 Å². The fraction of sp³-hybridized carbons (Fsp3) is 0.172. The third-order valence-electron chi connectivity index (χ3n) is 6.26. The molecule has 0 aliphatic carbocycles. The van der Waals surface area contributed by atoms with Crippen molar-refractivity contribution in [2.75, 3.05) is 35.9 Å². The molecule has 12 heteroatoms. The zero-order chi connectivity index (χ0) is 29.0. The van der Waals surface area contributed by atoms with Crippen LogP contribution >= 0.6 is 0 Å². The van der Waals surface area contributed by atoms with Gasteiger partial charge in [-0.2, -0.15) is 4.98 Å². The van der Waals surface area contributed by atoms with Crippen LogP contribution in [0.25, 0.3) is 11.0 Å². The molecule has 0 fully saturated rings. The molecule has 2 heterocycles. The SMILES string of the molecule is COc1ccc(C(=O)Nc2nc3ccccc3n2CN(C)c2ccnc(Nc3ccc(CS(C)(=O)=O)cc3)n2)cc1. The van der Waals surface area contributed by atoms with Crippen molar-refractivity contribution in [1.29, 1.82) is 0 Å². The minimum atomic E-state index is -3.11. The van der Waals surface area contributed by atoms with E-state index in [1.54, 1.807) is 67.9 Å². The van der Waals surface area contributed by atoms with Crippen LogP contribution in [-0.4, -0.2) is 54.3 Å². The lowest BCUT2D eigenvalue weighted by Crippen LogP contribution is -2.25. The Hall–Kier alpha value is -4.97. The summed E-state index contributed by atoms with van der Waals surface area (Å²) in [4.78, 5) is 28.6. The minimum Gasteiger partial charge on any atom is -0.497 e. The number of anilines is 4. The highest BCUT2D eigenvalue weighted by molar-refractivity contribution is 7.89. The van der Waals surface area contributed by atoms with Gasteiger partial charge in [-0.05, 0) is 60.2 Å². The molecular formula is C29H29N7O4S. The molecule has 0 aliphatic rings. The molecule has 0 radical (unpaired) electrons. The van der Waals surface area contributed by atoms with E-state index in [4.69, 9.17) is 4.74 Å². The van der Waals surface area contributed by atoms with Gasteiger partial charge < -0.3 is 15.0 Å². The van der Waals surface area contributed by atoms with Crippen molar-refractivity contribution >= 4 is 50.2 Å². The van der Waals surface area contributed by atoms with E-state index in [1.165, 1.54) is 6.26 Å². The average Bonchev–Trinajstić information content (AvgIpc) is 3.30. The number of methoxy groups -OCH3 is 1. The third-order valence-corrected chi connectivity index (χ3v) is 7.11. The van der Waals surface area contributed by atoms with Crippen LogP contribution in [-0.2, 0) is 22.3 Å². The Bertz CT molecular complexity index is 1790. The van der Waals surface area contributed by atoms with Gasteiger partial charge in [-0.1, -0.05) is 24.3 Å². The second-order valence-corrected chi connectivity index (χ2v) is 11.6. The standard InChI is InChI=1S/C29H29N7O4S/c1-35(26-16-17-30-28(33-26)31-22-12-8-20(9-13-22)18-41(3,38)39)19-36-25-7-5-4-6-24(25)32-29(36)34-27(37)21-10-14-23(40-2)15-11-21/h4-17H,18-19H2,1-3H3,(H,30,31,33)(H,32,34,37). The molecule has 0 saturated carbocycles. The van der Waals surface area contributed by atoms with Crippen molar-refractivity contribution in [1.82, 2.24) is 19.5 Å². The number of nitrogens with zero attached hydrogens (tertiary/aromatic N) is 5. The summed E-state index contributed by atoms with van der Waals surface area (Å²) in [7, 11) is 0.349. The van der Waals surface area contributed by atoms with Gasteiger partial charge in [0.25, 0.3) is 5.91 Å². The van der Waals surface area contributed by atoms with Gasteiger partial charge in [0.2, 0.25) is 11.9 Å². The van der Waals surface area contributed by atoms with Crippen molar-refractivity contribution in [3.05, 3.63) is 96.2 Å². The molecule has 5 rings (SSSR count). The maximum Gasteiger partial charge on any atom is 0.257 e. The number of amides is 1. The zero-order valence-electron chi connectivity index (χ0n) is 22.8. The molecule has 2 N–H and O–H groups in total. The van der Waals surface area contributed by atoms with Crippen molar-refractivity contribution in [3.8, 4) is 5.75 Å². The predicted molar refractivity (Wildman–Crippen MR) is 159 cm³/mol. The Labute approximate surface area is 237 Å². The summed E-state index contributed by atoms with van der Waals surface area (Å²) in [5.41, 5.74) is 3.51. The van der Waals surface area contributed by atoms with Crippen molar-refractivity contribution < 1.29 is 17.9 Å².